The van der Waals surface area contributed by atoms with Crippen LogP contribution in [0, 0.1) is 13.8 Å². The number of aryl methyl sites for hydroxylation is 2. The number of benzene rings is 2. The Bertz CT molecular complexity index is 1410. The maximum Gasteiger partial charge on any atom is 0.277 e. The smallest absolute Gasteiger partial charge is 0.277 e. The van der Waals surface area contributed by atoms with E-state index in [9.17, 15) is 9.59 Å². The van der Waals surface area contributed by atoms with Crippen LogP contribution in [0.15, 0.2) is 66.0 Å². The number of carbonyl (C=O) groups excluding carboxylic acids is 2. The molecule has 3 heterocycles. The van der Waals surface area contributed by atoms with E-state index < -0.39 is 5.54 Å². The Balaban J connectivity index is 1.54. The van der Waals surface area contributed by atoms with E-state index in [0.717, 1.165) is 27.3 Å². The first-order valence-electron chi connectivity index (χ1n) is 11.3. The molecule has 178 valence electrons. The van der Waals surface area contributed by atoms with Crippen molar-refractivity contribution in [3.8, 4) is 10.6 Å². The van der Waals surface area contributed by atoms with Crippen LogP contribution >= 0.6 is 22.9 Å². The summed E-state index contributed by atoms with van der Waals surface area (Å²) in [7, 11) is 0. The van der Waals surface area contributed by atoms with Gasteiger partial charge in [-0.3, -0.25) is 19.2 Å². The van der Waals surface area contributed by atoms with E-state index >= 15 is 0 Å². The zero-order chi connectivity index (χ0) is 24.7. The van der Waals surface area contributed by atoms with Gasteiger partial charge >= 0.3 is 0 Å². The summed E-state index contributed by atoms with van der Waals surface area (Å²) in [5, 5.41) is 10.2. The van der Waals surface area contributed by atoms with E-state index in [1.165, 1.54) is 0 Å². The van der Waals surface area contributed by atoms with Crippen molar-refractivity contribution in [2.24, 2.45) is 0 Å². The van der Waals surface area contributed by atoms with Crippen LogP contribution < -0.4 is 10.2 Å². The van der Waals surface area contributed by atoms with Crippen molar-refractivity contribution >= 4 is 40.4 Å². The van der Waals surface area contributed by atoms with E-state index in [-0.39, 0.29) is 18.4 Å². The summed E-state index contributed by atoms with van der Waals surface area (Å²) in [5.74, 6) is -0.554. The zero-order valence-electron chi connectivity index (χ0n) is 19.7. The molecule has 0 aliphatic carbocycles. The Hall–Kier alpha value is -3.42. The van der Waals surface area contributed by atoms with E-state index in [0.29, 0.717) is 22.9 Å². The molecule has 2 aromatic carbocycles. The fourth-order valence-corrected chi connectivity index (χ4v) is 5.19. The predicted octanol–water partition coefficient (Wildman–Crippen LogP) is 5.62. The van der Waals surface area contributed by atoms with Crippen molar-refractivity contribution in [1.82, 2.24) is 15.1 Å². The molecule has 6 nitrogen and oxygen atoms in total. The summed E-state index contributed by atoms with van der Waals surface area (Å²) < 4.78 is 1.65. The Labute approximate surface area is 213 Å². The fourth-order valence-electron chi connectivity index (χ4n) is 4.33. The first-order valence-corrected chi connectivity index (χ1v) is 12.6. The Morgan fingerprint density at radius 3 is 2.60 bits per heavy atom. The van der Waals surface area contributed by atoms with E-state index in [1.807, 2.05) is 67.8 Å². The minimum Gasteiger partial charge on any atom is -0.350 e. The molecule has 8 heteroatoms. The third-order valence-corrected chi connectivity index (χ3v) is 7.70. The summed E-state index contributed by atoms with van der Waals surface area (Å²) in [6, 6.07) is 19.1. The number of nitrogens with one attached hydrogen (secondary N) is 1. The summed E-state index contributed by atoms with van der Waals surface area (Å²) in [6.07, 6.45) is 0. The van der Waals surface area contributed by atoms with Crippen molar-refractivity contribution in [2.45, 2.75) is 39.4 Å². The zero-order valence-corrected chi connectivity index (χ0v) is 21.3. The maximum absolute atomic E-state index is 13.9. The molecule has 2 aromatic heterocycles. The van der Waals surface area contributed by atoms with Crippen LogP contribution in [-0.4, -0.2) is 27.1 Å². The van der Waals surface area contributed by atoms with Gasteiger partial charge in [0, 0.05) is 17.3 Å². The molecule has 1 aliphatic heterocycles. The summed E-state index contributed by atoms with van der Waals surface area (Å²) in [5.41, 5.74) is 3.55. The van der Waals surface area contributed by atoms with Gasteiger partial charge in [0.2, 0.25) is 5.91 Å². The number of hydrogen-bond donors (Lipinski definition) is 1. The summed E-state index contributed by atoms with van der Waals surface area (Å²) in [4.78, 5) is 30.1. The van der Waals surface area contributed by atoms with Gasteiger partial charge in [-0.05, 0) is 61.5 Å². The van der Waals surface area contributed by atoms with Crippen LogP contribution in [0.2, 0.25) is 5.02 Å². The third kappa shape index (κ3) is 4.26. The third-order valence-electron chi connectivity index (χ3n) is 6.40. The first-order chi connectivity index (χ1) is 16.8. The van der Waals surface area contributed by atoms with Crippen molar-refractivity contribution in [3.05, 3.63) is 93.5 Å². The largest absolute Gasteiger partial charge is 0.350 e. The second-order valence-corrected chi connectivity index (χ2v) is 10.4. The molecule has 2 amide bonds. The van der Waals surface area contributed by atoms with E-state index in [4.69, 9.17) is 11.6 Å². The number of anilines is 1. The minimum atomic E-state index is -1.22. The van der Waals surface area contributed by atoms with Gasteiger partial charge in [-0.15, -0.1) is 11.3 Å². The molecule has 0 fully saturated rings. The molecule has 0 saturated heterocycles. The van der Waals surface area contributed by atoms with Crippen molar-refractivity contribution in [3.63, 3.8) is 0 Å². The molecule has 1 atom stereocenters. The number of rotatable bonds is 5. The van der Waals surface area contributed by atoms with Crippen molar-refractivity contribution in [1.29, 1.82) is 0 Å². The number of thiophene rings is 1. The number of hydrogen-bond acceptors (Lipinski definition) is 4. The van der Waals surface area contributed by atoms with Crippen LogP contribution in [0.5, 0.6) is 0 Å². The number of nitrogens with zero attached hydrogens (tertiary/aromatic N) is 3. The van der Waals surface area contributed by atoms with Crippen LogP contribution in [-0.2, 0) is 17.9 Å². The number of halogens is 1. The number of aromatic nitrogens is 2. The Kier molecular flexibility index (Phi) is 5.99. The fraction of sp³-hybridized carbons (Fsp3) is 0.222. The lowest BCUT2D eigenvalue weighted by Crippen LogP contribution is -2.64. The highest BCUT2D eigenvalue weighted by molar-refractivity contribution is 7.13. The summed E-state index contributed by atoms with van der Waals surface area (Å²) >= 11 is 7.98. The molecule has 4 aromatic rings. The molecule has 5 rings (SSSR count). The minimum absolute atomic E-state index is 0.213. The van der Waals surface area contributed by atoms with Crippen molar-refractivity contribution < 1.29 is 9.59 Å². The first kappa shape index (κ1) is 23.3. The van der Waals surface area contributed by atoms with Gasteiger partial charge in [-0.2, -0.15) is 5.10 Å². The topological polar surface area (TPSA) is 67.2 Å². The number of carbonyl (C=O) groups is 2. The lowest BCUT2D eigenvalue weighted by molar-refractivity contribution is -0.126. The van der Waals surface area contributed by atoms with Crippen molar-refractivity contribution in [2.75, 3.05) is 4.90 Å². The quantitative estimate of drug-likeness (QED) is 0.383. The SMILES string of the molecule is Cc1ccc(CNC(=O)[C@]2(C)Cn3nc(-c4cccs4)cc3C(=O)N2c2ccc(C)c(Cl)c2)cc1. The van der Waals surface area contributed by atoms with Gasteiger partial charge in [0.1, 0.15) is 16.9 Å². The Morgan fingerprint density at radius 1 is 1.14 bits per heavy atom. The van der Waals surface area contributed by atoms with Crippen LogP contribution in [0.4, 0.5) is 5.69 Å². The maximum atomic E-state index is 13.9. The van der Waals surface area contributed by atoms with Crippen LogP contribution in [0.1, 0.15) is 34.1 Å². The molecule has 0 unspecified atom stereocenters. The second-order valence-electron chi connectivity index (χ2n) is 9.07. The monoisotopic (exact) mass is 504 g/mol. The lowest BCUT2D eigenvalue weighted by Gasteiger charge is -2.43. The van der Waals surface area contributed by atoms with E-state index in [2.05, 4.69) is 10.4 Å². The highest BCUT2D eigenvalue weighted by atomic mass is 35.5. The van der Waals surface area contributed by atoms with E-state index in [1.54, 1.807) is 40.0 Å². The molecule has 0 saturated carbocycles. The lowest BCUT2D eigenvalue weighted by atomic mass is 9.93. The Morgan fingerprint density at radius 2 is 1.91 bits per heavy atom. The van der Waals surface area contributed by atoms with Gasteiger partial charge in [0.05, 0.1) is 11.4 Å². The molecule has 1 N–H and O–H groups in total. The highest BCUT2D eigenvalue weighted by Gasteiger charge is 2.49. The van der Waals surface area contributed by atoms with Gasteiger partial charge < -0.3 is 5.32 Å². The number of fused-ring (bicyclic) bond motifs is 1. The molecule has 0 radical (unpaired) electrons. The average molecular weight is 505 g/mol. The van der Waals surface area contributed by atoms with Gasteiger partial charge in [-0.1, -0.05) is 53.6 Å². The predicted molar refractivity (Wildman–Crippen MR) is 140 cm³/mol. The number of amides is 2. The molecule has 0 spiro atoms. The second kappa shape index (κ2) is 8.98. The highest BCUT2D eigenvalue weighted by Crippen LogP contribution is 2.36. The van der Waals surface area contributed by atoms with Crippen LogP contribution in [0.25, 0.3) is 10.6 Å². The van der Waals surface area contributed by atoms with Gasteiger partial charge in [0.25, 0.3) is 5.91 Å². The average Bonchev–Trinajstić information content (AvgIpc) is 3.51. The standard InChI is InChI=1S/C27H25ClN4O2S/c1-17-6-9-19(10-7-17)15-29-26(34)27(3)16-31-23(14-22(30-31)24-5-4-12-35-24)25(33)32(27)20-11-8-18(2)21(28)13-20/h4-14H,15-16H2,1-3H3,(H,29,34)/t27-/m0/s1. The van der Waals surface area contributed by atoms with Gasteiger partial charge in [-0.25, -0.2) is 0 Å². The molecule has 35 heavy (non-hydrogen) atoms. The molecular formula is C27H25ClN4O2S. The summed E-state index contributed by atoms with van der Waals surface area (Å²) in [6.45, 7) is 6.27. The molecule has 1 aliphatic rings. The van der Waals surface area contributed by atoms with Crippen LogP contribution in [0.3, 0.4) is 0 Å². The normalized spacial score (nSPS) is 17.4. The molecular weight excluding hydrogens is 480 g/mol. The molecule has 0 bridgehead atoms. The van der Waals surface area contributed by atoms with Gasteiger partial charge in [0.15, 0.2) is 0 Å².